The number of carbonyl (C=O) groups is 1. The summed E-state index contributed by atoms with van der Waals surface area (Å²) in [6.07, 6.45) is 1.14. The van der Waals surface area contributed by atoms with E-state index in [0.29, 0.717) is 18.4 Å². The highest BCUT2D eigenvalue weighted by atomic mass is 16.6. The maximum absolute atomic E-state index is 11.9. The van der Waals surface area contributed by atoms with Crippen molar-refractivity contribution in [2.24, 2.45) is 0 Å². The fourth-order valence-corrected chi connectivity index (χ4v) is 2.40. The summed E-state index contributed by atoms with van der Waals surface area (Å²) < 4.78 is 5.32. The predicted octanol–water partition coefficient (Wildman–Crippen LogP) is 4.22. The second-order valence-electron chi connectivity index (χ2n) is 5.29. The van der Waals surface area contributed by atoms with Crippen molar-refractivity contribution in [3.63, 3.8) is 0 Å². The molecule has 0 aliphatic carbocycles. The first-order valence-corrected chi connectivity index (χ1v) is 7.54. The zero-order chi connectivity index (χ0) is 16.7. The third kappa shape index (κ3) is 4.92. The summed E-state index contributed by atoms with van der Waals surface area (Å²) in [5.41, 5.74) is 1.55. The molecule has 2 aromatic rings. The first-order valence-electron chi connectivity index (χ1n) is 7.54. The second kappa shape index (κ2) is 8.08. The van der Waals surface area contributed by atoms with Crippen LogP contribution in [-0.4, -0.2) is 10.9 Å². The predicted molar refractivity (Wildman–Crippen MR) is 87.0 cm³/mol. The molecule has 0 aliphatic heterocycles. The molecule has 1 atom stereocenters. The molecule has 0 amide bonds. The van der Waals surface area contributed by atoms with Crippen LogP contribution >= 0.6 is 0 Å². The molecule has 1 unspecified atom stereocenters. The molecule has 0 fully saturated rings. The number of nitro groups is 1. The van der Waals surface area contributed by atoms with Crippen LogP contribution in [0.15, 0.2) is 54.6 Å². The SMILES string of the molecule is CC(OC(=O)CCCc1ccccc1)c1ccccc1[N+](=O)[O-]. The average molecular weight is 313 g/mol. The van der Waals surface area contributed by atoms with Crippen LogP contribution in [0.1, 0.15) is 37.0 Å². The molecule has 0 bridgehead atoms. The highest BCUT2D eigenvalue weighted by molar-refractivity contribution is 5.69. The van der Waals surface area contributed by atoms with Gasteiger partial charge in [-0.05, 0) is 31.4 Å². The zero-order valence-electron chi connectivity index (χ0n) is 13.0. The molecule has 2 aromatic carbocycles. The summed E-state index contributed by atoms with van der Waals surface area (Å²) in [6.45, 7) is 1.65. The molecule has 0 saturated carbocycles. The minimum atomic E-state index is -0.638. The molecular weight excluding hydrogens is 294 g/mol. The van der Waals surface area contributed by atoms with E-state index in [1.165, 1.54) is 11.6 Å². The van der Waals surface area contributed by atoms with Crippen LogP contribution in [0.5, 0.6) is 0 Å². The third-order valence-electron chi connectivity index (χ3n) is 3.57. The van der Waals surface area contributed by atoms with Gasteiger partial charge in [0.25, 0.3) is 5.69 Å². The average Bonchev–Trinajstić information content (AvgIpc) is 2.55. The van der Waals surface area contributed by atoms with E-state index in [9.17, 15) is 14.9 Å². The third-order valence-corrected chi connectivity index (χ3v) is 3.57. The van der Waals surface area contributed by atoms with Gasteiger partial charge in [-0.1, -0.05) is 42.5 Å². The van der Waals surface area contributed by atoms with Crippen molar-refractivity contribution in [3.05, 3.63) is 75.8 Å². The van der Waals surface area contributed by atoms with E-state index < -0.39 is 11.0 Å². The molecule has 5 nitrogen and oxygen atoms in total. The number of esters is 1. The summed E-state index contributed by atoms with van der Waals surface area (Å²) in [7, 11) is 0. The first-order chi connectivity index (χ1) is 11.1. The smallest absolute Gasteiger partial charge is 0.306 e. The van der Waals surface area contributed by atoms with E-state index in [0.717, 1.165) is 6.42 Å². The maximum atomic E-state index is 11.9. The minimum Gasteiger partial charge on any atom is -0.458 e. The van der Waals surface area contributed by atoms with E-state index in [1.807, 2.05) is 30.3 Å². The minimum absolute atomic E-state index is 0.0305. The molecule has 0 radical (unpaired) electrons. The van der Waals surface area contributed by atoms with Gasteiger partial charge in [0, 0.05) is 12.5 Å². The van der Waals surface area contributed by atoms with E-state index in [4.69, 9.17) is 4.74 Å². The number of ether oxygens (including phenoxy) is 1. The van der Waals surface area contributed by atoms with E-state index in [1.54, 1.807) is 25.1 Å². The Balaban J connectivity index is 1.86. The number of carbonyl (C=O) groups excluding carboxylic acids is 1. The molecule has 0 saturated heterocycles. The fraction of sp³-hybridized carbons (Fsp3) is 0.278. The van der Waals surface area contributed by atoms with Gasteiger partial charge in [0.05, 0.1) is 10.5 Å². The van der Waals surface area contributed by atoms with Crippen molar-refractivity contribution in [2.45, 2.75) is 32.3 Å². The van der Waals surface area contributed by atoms with Gasteiger partial charge in [0.2, 0.25) is 0 Å². The molecular formula is C18H19NO4. The van der Waals surface area contributed by atoms with Gasteiger partial charge in [-0.3, -0.25) is 14.9 Å². The Morgan fingerprint density at radius 3 is 2.48 bits per heavy atom. The lowest BCUT2D eigenvalue weighted by Crippen LogP contribution is -2.10. The summed E-state index contributed by atoms with van der Waals surface area (Å²) in [6, 6.07) is 16.2. The molecule has 2 rings (SSSR count). The number of benzene rings is 2. The van der Waals surface area contributed by atoms with Gasteiger partial charge in [-0.2, -0.15) is 0 Å². The monoisotopic (exact) mass is 313 g/mol. The van der Waals surface area contributed by atoms with Crippen molar-refractivity contribution in [3.8, 4) is 0 Å². The lowest BCUT2D eigenvalue weighted by Gasteiger charge is -2.13. The largest absolute Gasteiger partial charge is 0.458 e. The number of nitro benzene ring substituents is 1. The topological polar surface area (TPSA) is 69.4 Å². The Labute approximate surface area is 135 Å². The summed E-state index contributed by atoms with van der Waals surface area (Å²) in [4.78, 5) is 22.4. The van der Waals surface area contributed by atoms with Crippen LogP contribution in [-0.2, 0) is 16.0 Å². The zero-order valence-corrected chi connectivity index (χ0v) is 13.0. The van der Waals surface area contributed by atoms with Crippen LogP contribution in [0, 0.1) is 10.1 Å². The Kier molecular flexibility index (Phi) is 5.86. The van der Waals surface area contributed by atoms with E-state index in [2.05, 4.69) is 0 Å². The van der Waals surface area contributed by atoms with Crippen LogP contribution in [0.25, 0.3) is 0 Å². The van der Waals surface area contributed by atoms with Gasteiger partial charge < -0.3 is 4.74 Å². The van der Waals surface area contributed by atoms with Crippen molar-refractivity contribution in [1.82, 2.24) is 0 Å². The maximum Gasteiger partial charge on any atom is 0.306 e. The first kappa shape index (κ1) is 16.7. The summed E-state index contributed by atoms with van der Waals surface area (Å²) in [5.74, 6) is -0.341. The lowest BCUT2D eigenvalue weighted by molar-refractivity contribution is -0.386. The molecule has 0 aromatic heterocycles. The standard InChI is InChI=1S/C18H19NO4/c1-14(16-11-5-6-12-17(16)19(21)22)23-18(20)13-7-10-15-8-3-2-4-9-15/h2-6,8-9,11-12,14H,7,10,13H2,1H3. The van der Waals surface area contributed by atoms with Gasteiger partial charge in [0.1, 0.15) is 6.10 Å². The van der Waals surface area contributed by atoms with E-state index >= 15 is 0 Å². The number of nitrogens with zero attached hydrogens (tertiary/aromatic N) is 1. The fourth-order valence-electron chi connectivity index (χ4n) is 2.40. The van der Waals surface area contributed by atoms with Crippen LogP contribution in [0.2, 0.25) is 0 Å². The van der Waals surface area contributed by atoms with Crippen LogP contribution in [0.3, 0.4) is 0 Å². The molecule has 0 spiro atoms. The van der Waals surface area contributed by atoms with Crippen molar-refractivity contribution in [1.29, 1.82) is 0 Å². The number of rotatable bonds is 7. The number of aryl methyl sites for hydroxylation is 1. The van der Waals surface area contributed by atoms with Crippen LogP contribution < -0.4 is 0 Å². The normalized spacial score (nSPS) is 11.7. The molecule has 120 valence electrons. The molecule has 23 heavy (non-hydrogen) atoms. The number of para-hydroxylation sites is 1. The molecule has 0 heterocycles. The summed E-state index contributed by atoms with van der Waals surface area (Å²) >= 11 is 0. The number of hydrogen-bond donors (Lipinski definition) is 0. The van der Waals surface area contributed by atoms with Gasteiger partial charge >= 0.3 is 5.97 Å². The Morgan fingerprint density at radius 1 is 1.13 bits per heavy atom. The highest BCUT2D eigenvalue weighted by Crippen LogP contribution is 2.27. The highest BCUT2D eigenvalue weighted by Gasteiger charge is 2.20. The Bertz CT molecular complexity index is 670. The van der Waals surface area contributed by atoms with Crippen LogP contribution in [0.4, 0.5) is 5.69 Å². The molecule has 5 heteroatoms. The number of hydrogen-bond acceptors (Lipinski definition) is 4. The molecule has 0 aliphatic rings. The summed E-state index contributed by atoms with van der Waals surface area (Å²) in [5, 5.41) is 11.0. The van der Waals surface area contributed by atoms with Crippen molar-refractivity contribution >= 4 is 11.7 Å². The molecule has 0 N–H and O–H groups in total. The second-order valence-corrected chi connectivity index (χ2v) is 5.29. The quantitative estimate of drug-likeness (QED) is 0.436. The Hall–Kier alpha value is -2.69. The Morgan fingerprint density at radius 2 is 1.78 bits per heavy atom. The van der Waals surface area contributed by atoms with Crippen molar-refractivity contribution in [2.75, 3.05) is 0 Å². The van der Waals surface area contributed by atoms with Crippen molar-refractivity contribution < 1.29 is 14.5 Å². The van der Waals surface area contributed by atoms with Gasteiger partial charge in [-0.15, -0.1) is 0 Å². The lowest BCUT2D eigenvalue weighted by atomic mass is 10.1. The van der Waals surface area contributed by atoms with Gasteiger partial charge in [-0.25, -0.2) is 0 Å². The van der Waals surface area contributed by atoms with E-state index in [-0.39, 0.29) is 11.7 Å². The van der Waals surface area contributed by atoms with Gasteiger partial charge in [0.15, 0.2) is 0 Å².